The van der Waals surface area contributed by atoms with Gasteiger partial charge in [0.15, 0.2) is 5.96 Å². The highest BCUT2D eigenvalue weighted by Gasteiger charge is 2.22. The topological polar surface area (TPSA) is 53.7 Å². The molecule has 0 unspecified atom stereocenters. The summed E-state index contributed by atoms with van der Waals surface area (Å²) in [4.78, 5) is 7.05. The third-order valence-electron chi connectivity index (χ3n) is 4.05. The van der Waals surface area contributed by atoms with E-state index in [1.807, 2.05) is 13.8 Å². The number of halogens is 1. The monoisotopic (exact) mass is 426 g/mol. The van der Waals surface area contributed by atoms with Crippen molar-refractivity contribution in [3.05, 3.63) is 46.8 Å². The smallest absolute Gasteiger partial charge is 0.198 e. The van der Waals surface area contributed by atoms with Crippen LogP contribution < -0.4 is 10.2 Å². The number of aryl methyl sites for hydroxylation is 2. The molecular weight excluding hydrogens is 403 g/mol. The third kappa shape index (κ3) is 3.68. The van der Waals surface area contributed by atoms with Crippen molar-refractivity contribution in [2.45, 2.75) is 33.7 Å². The Balaban J connectivity index is 0.00000192. The van der Waals surface area contributed by atoms with E-state index >= 15 is 0 Å². The summed E-state index contributed by atoms with van der Waals surface area (Å²) in [5.74, 6) is 1.77. The number of rotatable bonds is 3. The Hall–Kier alpha value is -1.57. The molecule has 1 aromatic heterocycles. The zero-order chi connectivity index (χ0) is 15.5. The van der Waals surface area contributed by atoms with Crippen molar-refractivity contribution in [2.24, 2.45) is 4.99 Å². The van der Waals surface area contributed by atoms with Gasteiger partial charge >= 0.3 is 0 Å². The van der Waals surface area contributed by atoms with Crippen molar-refractivity contribution in [2.75, 3.05) is 18.0 Å². The first-order valence-electron chi connectivity index (χ1n) is 7.76. The number of anilines is 1. The molecule has 0 atom stereocenters. The fraction of sp³-hybridized carbons (Fsp3) is 0.412. The molecule has 0 bridgehead atoms. The van der Waals surface area contributed by atoms with Gasteiger partial charge in [0.1, 0.15) is 5.76 Å². The van der Waals surface area contributed by atoms with Crippen LogP contribution in [-0.2, 0) is 13.0 Å². The summed E-state index contributed by atoms with van der Waals surface area (Å²) in [7, 11) is 0. The van der Waals surface area contributed by atoms with Gasteiger partial charge in [0.05, 0.1) is 12.2 Å². The quantitative estimate of drug-likeness (QED) is 0.464. The largest absolute Gasteiger partial charge is 0.361 e. The SMILES string of the molecule is CCNC(=NCc1c(C)noc1C)N1CCc2ccccc21.I. The molecule has 1 aliphatic rings. The van der Waals surface area contributed by atoms with Gasteiger partial charge in [0, 0.05) is 24.3 Å². The Morgan fingerprint density at radius 3 is 2.83 bits per heavy atom. The standard InChI is InChI=1S/C17H22N4O.HI/c1-4-18-17(19-11-15-12(2)20-22-13(15)3)21-10-9-14-7-5-6-8-16(14)21;/h5-8H,4,9-11H2,1-3H3,(H,18,19);1H. The Labute approximate surface area is 154 Å². The van der Waals surface area contributed by atoms with Crippen molar-refractivity contribution in [1.82, 2.24) is 10.5 Å². The number of aliphatic imine (C=N–C) groups is 1. The molecule has 1 aliphatic heterocycles. The minimum absolute atomic E-state index is 0. The summed E-state index contributed by atoms with van der Waals surface area (Å²) in [5.41, 5.74) is 4.62. The lowest BCUT2D eigenvalue weighted by Crippen LogP contribution is -2.40. The lowest BCUT2D eigenvalue weighted by molar-refractivity contribution is 0.392. The van der Waals surface area contributed by atoms with Crippen LogP contribution in [-0.4, -0.2) is 24.2 Å². The van der Waals surface area contributed by atoms with Crippen LogP contribution in [0.3, 0.4) is 0 Å². The summed E-state index contributed by atoms with van der Waals surface area (Å²) >= 11 is 0. The zero-order valence-electron chi connectivity index (χ0n) is 13.8. The highest BCUT2D eigenvalue weighted by atomic mass is 127. The number of fused-ring (bicyclic) bond motifs is 1. The maximum Gasteiger partial charge on any atom is 0.198 e. The first-order chi connectivity index (χ1) is 10.7. The zero-order valence-corrected chi connectivity index (χ0v) is 16.1. The average molecular weight is 426 g/mol. The van der Waals surface area contributed by atoms with E-state index in [0.29, 0.717) is 6.54 Å². The minimum Gasteiger partial charge on any atom is -0.361 e. The predicted octanol–water partition coefficient (Wildman–Crippen LogP) is 3.44. The number of nitrogens with one attached hydrogen (secondary N) is 1. The number of nitrogens with zero attached hydrogens (tertiary/aromatic N) is 3. The van der Waals surface area contributed by atoms with E-state index in [2.05, 4.69) is 46.6 Å². The Bertz CT molecular complexity index is 676. The van der Waals surface area contributed by atoms with Crippen molar-refractivity contribution < 1.29 is 4.52 Å². The van der Waals surface area contributed by atoms with Crippen LogP contribution in [0, 0.1) is 13.8 Å². The predicted molar refractivity (Wildman–Crippen MR) is 104 cm³/mol. The Kier molecular flexibility index (Phi) is 6.04. The minimum atomic E-state index is 0. The van der Waals surface area contributed by atoms with E-state index in [1.54, 1.807) is 0 Å². The molecule has 0 saturated carbocycles. The van der Waals surface area contributed by atoms with Crippen LogP contribution in [0.25, 0.3) is 0 Å². The summed E-state index contributed by atoms with van der Waals surface area (Å²) in [5, 5.41) is 7.39. The molecular formula is C17H23IN4O. The number of aromatic nitrogens is 1. The fourth-order valence-corrected chi connectivity index (χ4v) is 2.83. The number of hydrogen-bond donors (Lipinski definition) is 1. The molecule has 0 aliphatic carbocycles. The third-order valence-corrected chi connectivity index (χ3v) is 4.05. The highest BCUT2D eigenvalue weighted by molar-refractivity contribution is 14.0. The van der Waals surface area contributed by atoms with Gasteiger partial charge in [-0.2, -0.15) is 0 Å². The molecule has 3 rings (SSSR count). The van der Waals surface area contributed by atoms with Crippen LogP contribution in [0.1, 0.15) is 29.5 Å². The normalized spacial score (nSPS) is 13.7. The van der Waals surface area contributed by atoms with E-state index in [1.165, 1.54) is 11.3 Å². The van der Waals surface area contributed by atoms with Crippen LogP contribution in [0.2, 0.25) is 0 Å². The molecule has 23 heavy (non-hydrogen) atoms. The van der Waals surface area contributed by atoms with Crippen molar-refractivity contribution in [3.8, 4) is 0 Å². The first-order valence-corrected chi connectivity index (χ1v) is 7.76. The maximum atomic E-state index is 5.22. The van der Waals surface area contributed by atoms with Gasteiger partial charge in [-0.1, -0.05) is 23.4 Å². The molecule has 0 fully saturated rings. The van der Waals surface area contributed by atoms with Crippen LogP contribution in [0.15, 0.2) is 33.8 Å². The second kappa shape index (κ2) is 7.81. The van der Waals surface area contributed by atoms with Gasteiger partial charge in [-0.3, -0.25) is 0 Å². The number of benzene rings is 1. The molecule has 0 radical (unpaired) electrons. The van der Waals surface area contributed by atoms with Gasteiger partial charge in [0.25, 0.3) is 0 Å². The summed E-state index contributed by atoms with van der Waals surface area (Å²) < 4.78 is 5.22. The average Bonchev–Trinajstić information content (AvgIpc) is 3.08. The lowest BCUT2D eigenvalue weighted by Gasteiger charge is -2.22. The molecule has 0 amide bonds. The Morgan fingerprint density at radius 2 is 2.13 bits per heavy atom. The highest BCUT2D eigenvalue weighted by Crippen LogP contribution is 2.27. The second-order valence-corrected chi connectivity index (χ2v) is 5.50. The van der Waals surface area contributed by atoms with Crippen molar-refractivity contribution >= 4 is 35.6 Å². The maximum absolute atomic E-state index is 5.22. The summed E-state index contributed by atoms with van der Waals surface area (Å²) in [6.07, 6.45) is 1.06. The second-order valence-electron chi connectivity index (χ2n) is 5.50. The molecule has 6 heteroatoms. The van der Waals surface area contributed by atoms with Gasteiger partial charge in [-0.15, -0.1) is 24.0 Å². The van der Waals surface area contributed by atoms with Crippen LogP contribution >= 0.6 is 24.0 Å². The summed E-state index contributed by atoms with van der Waals surface area (Å²) in [6, 6.07) is 8.52. The van der Waals surface area contributed by atoms with Gasteiger partial charge in [0.2, 0.25) is 0 Å². The molecule has 5 nitrogen and oxygen atoms in total. The van der Waals surface area contributed by atoms with Crippen molar-refractivity contribution in [1.29, 1.82) is 0 Å². The molecule has 1 N–H and O–H groups in total. The Morgan fingerprint density at radius 1 is 1.35 bits per heavy atom. The van der Waals surface area contributed by atoms with Gasteiger partial charge < -0.3 is 14.7 Å². The van der Waals surface area contributed by atoms with E-state index in [9.17, 15) is 0 Å². The van der Waals surface area contributed by atoms with Crippen LogP contribution in [0.4, 0.5) is 5.69 Å². The van der Waals surface area contributed by atoms with E-state index < -0.39 is 0 Å². The molecule has 0 saturated heterocycles. The molecule has 2 heterocycles. The van der Waals surface area contributed by atoms with Gasteiger partial charge in [-0.05, 0) is 38.8 Å². The number of para-hydroxylation sites is 1. The molecule has 0 spiro atoms. The molecule has 1 aromatic carbocycles. The van der Waals surface area contributed by atoms with E-state index in [4.69, 9.17) is 9.52 Å². The van der Waals surface area contributed by atoms with E-state index in [0.717, 1.165) is 42.5 Å². The molecule has 124 valence electrons. The molecule has 2 aromatic rings. The van der Waals surface area contributed by atoms with Crippen LogP contribution in [0.5, 0.6) is 0 Å². The number of hydrogen-bond acceptors (Lipinski definition) is 3. The van der Waals surface area contributed by atoms with E-state index in [-0.39, 0.29) is 24.0 Å². The lowest BCUT2D eigenvalue weighted by atomic mass is 10.2. The first kappa shape index (κ1) is 17.8. The van der Waals surface area contributed by atoms with Gasteiger partial charge in [-0.25, -0.2) is 4.99 Å². The fourth-order valence-electron chi connectivity index (χ4n) is 2.83. The number of guanidine groups is 1. The summed E-state index contributed by atoms with van der Waals surface area (Å²) in [6.45, 7) is 8.38. The van der Waals surface area contributed by atoms with Crippen molar-refractivity contribution in [3.63, 3.8) is 0 Å².